The Balaban J connectivity index is 1.91. The summed E-state index contributed by atoms with van der Waals surface area (Å²) in [6.45, 7) is 27.7. The lowest BCUT2D eigenvalue weighted by molar-refractivity contribution is -0.215. The van der Waals surface area contributed by atoms with E-state index in [-0.39, 0.29) is 69.1 Å². The van der Waals surface area contributed by atoms with Crippen LogP contribution in [0.25, 0.3) is 32.8 Å². The summed E-state index contributed by atoms with van der Waals surface area (Å²) in [5.74, 6) is 0.800. The summed E-state index contributed by atoms with van der Waals surface area (Å²) in [6, 6.07) is 8.20. The lowest BCUT2D eigenvalue weighted by Gasteiger charge is -2.45. The lowest BCUT2D eigenvalue weighted by atomic mass is 9.72. The fourth-order valence-corrected chi connectivity index (χ4v) is 15.5. The first kappa shape index (κ1) is 43.0. The second-order valence-electron chi connectivity index (χ2n) is 17.6. The fourth-order valence-electron chi connectivity index (χ4n) is 9.97. The maximum Gasteiger partial charge on any atom is 0.309 e. The van der Waals surface area contributed by atoms with Crippen LogP contribution >= 0.6 is 11.6 Å². The molecule has 1 aromatic heterocycles. The normalized spacial score (nSPS) is 18.4. The van der Waals surface area contributed by atoms with Gasteiger partial charge in [-0.15, -0.1) is 5.54 Å². The van der Waals surface area contributed by atoms with E-state index in [1.807, 2.05) is 6.07 Å². The lowest BCUT2D eigenvalue weighted by Crippen LogP contribution is -2.51. The van der Waals surface area contributed by atoms with Crippen LogP contribution in [-0.4, -0.2) is 41.1 Å². The SMILES string of the molecule is CC(C)C(Oc1cc(-c2c(Cl)cc3c([C@H]4CCO[C@](C)(O)C4)nc(F)nc3c2F)c2c(C#C[Si](C(C)C)(C(C)C)C(C)C)c(F)ccc2c1)(C(C)C)C(C)C. The molecule has 1 fully saturated rings. The number of halogens is 4. The summed E-state index contributed by atoms with van der Waals surface area (Å²) in [5, 5.41) is 11.9. The summed E-state index contributed by atoms with van der Waals surface area (Å²) < 4.78 is 61.6. The van der Waals surface area contributed by atoms with Gasteiger partial charge in [-0.2, -0.15) is 9.37 Å². The van der Waals surface area contributed by atoms with Crippen LogP contribution in [0.4, 0.5) is 13.2 Å². The summed E-state index contributed by atoms with van der Waals surface area (Å²) in [5.41, 5.74) is 4.28. The first-order valence-corrected chi connectivity index (χ1v) is 22.4. The van der Waals surface area contributed by atoms with Gasteiger partial charge in [0.25, 0.3) is 0 Å². The van der Waals surface area contributed by atoms with Crippen LogP contribution in [0.1, 0.15) is 120 Å². The molecule has 0 bridgehead atoms. The Labute approximate surface area is 331 Å². The Hall–Kier alpha value is -3.16. The molecule has 5 rings (SSSR count). The average Bonchev–Trinajstić information content (AvgIpc) is 3.07. The summed E-state index contributed by atoms with van der Waals surface area (Å²) in [4.78, 5) is 8.05. The van der Waals surface area contributed by atoms with Gasteiger partial charge in [0.05, 0.1) is 22.9 Å². The zero-order valence-corrected chi connectivity index (χ0v) is 36.5. The predicted molar refractivity (Wildman–Crippen MR) is 222 cm³/mol. The van der Waals surface area contributed by atoms with Crippen molar-refractivity contribution in [2.24, 2.45) is 17.8 Å². The molecule has 0 amide bonds. The Morgan fingerprint density at radius 2 is 1.51 bits per heavy atom. The number of rotatable bonds is 10. The number of aromatic nitrogens is 2. The molecule has 2 atom stereocenters. The van der Waals surface area contributed by atoms with E-state index in [4.69, 9.17) is 21.1 Å². The van der Waals surface area contributed by atoms with E-state index >= 15 is 13.2 Å². The van der Waals surface area contributed by atoms with E-state index in [2.05, 4.69) is 105 Å². The van der Waals surface area contributed by atoms with Crippen LogP contribution in [0.5, 0.6) is 5.75 Å². The highest BCUT2D eigenvalue weighted by Gasteiger charge is 2.44. The quantitative estimate of drug-likeness (QED) is 0.0984. The second-order valence-corrected chi connectivity index (χ2v) is 23.6. The minimum Gasteiger partial charge on any atom is -0.486 e. The van der Waals surface area contributed by atoms with Gasteiger partial charge in [0.1, 0.15) is 30.8 Å². The van der Waals surface area contributed by atoms with Crippen molar-refractivity contribution < 1.29 is 27.8 Å². The standard InChI is InChI=1S/C45H58ClF3N2O3Si/c1-24(2)45(25(3)4,26(5)6)54-32-20-30-14-15-37(47)33(17-19-55(27(7)8,28(9)10)29(11)12)38(30)34(21-32)39-36(46)22-35-41(31-16-18-53-44(13,52)23-31)50-43(49)51-42(35)40(39)48/h14-15,20-22,24-29,31,52H,16,18,23H2,1-13H3/t31-,44-/m0/s1. The van der Waals surface area contributed by atoms with Crippen molar-refractivity contribution in [1.29, 1.82) is 0 Å². The van der Waals surface area contributed by atoms with Crippen LogP contribution in [0.15, 0.2) is 30.3 Å². The maximum absolute atomic E-state index is 17.4. The maximum atomic E-state index is 17.4. The van der Waals surface area contributed by atoms with E-state index in [0.29, 0.717) is 39.6 Å². The van der Waals surface area contributed by atoms with E-state index in [1.165, 1.54) is 13.0 Å². The number of hydrogen-bond donors (Lipinski definition) is 1. The zero-order valence-electron chi connectivity index (χ0n) is 34.7. The number of hydrogen-bond acceptors (Lipinski definition) is 5. The number of ether oxygens (including phenoxy) is 2. The molecule has 0 spiro atoms. The number of nitrogens with zero attached hydrogens (tertiary/aromatic N) is 2. The molecule has 3 aromatic carbocycles. The van der Waals surface area contributed by atoms with Gasteiger partial charge in [-0.05, 0) is 82.9 Å². The van der Waals surface area contributed by atoms with Gasteiger partial charge in [-0.25, -0.2) is 13.8 Å². The van der Waals surface area contributed by atoms with Gasteiger partial charge >= 0.3 is 6.08 Å². The van der Waals surface area contributed by atoms with Gasteiger partial charge in [0, 0.05) is 28.7 Å². The molecule has 298 valence electrons. The molecule has 5 nitrogen and oxygen atoms in total. The van der Waals surface area contributed by atoms with Crippen molar-refractivity contribution in [3.63, 3.8) is 0 Å². The molecular weight excluding hydrogens is 737 g/mol. The highest BCUT2D eigenvalue weighted by Crippen LogP contribution is 2.47. The highest BCUT2D eigenvalue weighted by atomic mass is 35.5. The first-order chi connectivity index (χ1) is 25.6. The third-order valence-electron chi connectivity index (χ3n) is 12.4. The Morgan fingerprint density at radius 3 is 2.05 bits per heavy atom. The van der Waals surface area contributed by atoms with Crippen molar-refractivity contribution in [1.82, 2.24) is 9.97 Å². The number of fused-ring (bicyclic) bond motifs is 2. The largest absolute Gasteiger partial charge is 0.486 e. The predicted octanol–water partition coefficient (Wildman–Crippen LogP) is 12.8. The van der Waals surface area contributed by atoms with Crippen LogP contribution in [0, 0.1) is 46.9 Å². The Morgan fingerprint density at radius 1 is 0.909 bits per heavy atom. The molecule has 1 aliphatic rings. The molecule has 2 heterocycles. The van der Waals surface area contributed by atoms with Crippen LogP contribution < -0.4 is 4.74 Å². The van der Waals surface area contributed by atoms with Crippen molar-refractivity contribution in [3.05, 3.63) is 64.3 Å². The third-order valence-corrected chi connectivity index (χ3v) is 18.9. The summed E-state index contributed by atoms with van der Waals surface area (Å²) in [7, 11) is -2.33. The van der Waals surface area contributed by atoms with Gasteiger partial charge in [0.15, 0.2) is 11.6 Å². The third kappa shape index (κ3) is 7.78. The smallest absolute Gasteiger partial charge is 0.309 e. The minimum absolute atomic E-state index is 0.0139. The molecule has 4 aromatic rings. The fraction of sp³-hybridized carbons (Fsp3) is 0.556. The molecule has 1 aliphatic heterocycles. The molecule has 0 saturated carbocycles. The first-order valence-electron chi connectivity index (χ1n) is 19.8. The molecular formula is C45H58ClF3N2O3Si. The van der Waals surface area contributed by atoms with Gasteiger partial charge in [-0.3, -0.25) is 0 Å². The zero-order chi connectivity index (χ0) is 40.9. The molecule has 1 N–H and O–H groups in total. The molecule has 55 heavy (non-hydrogen) atoms. The van der Waals surface area contributed by atoms with Crippen LogP contribution in [-0.2, 0) is 4.74 Å². The van der Waals surface area contributed by atoms with Crippen molar-refractivity contribution in [3.8, 4) is 28.3 Å². The van der Waals surface area contributed by atoms with Gasteiger partial charge in [0.2, 0.25) is 0 Å². The number of aliphatic hydroxyl groups is 1. The van der Waals surface area contributed by atoms with E-state index in [9.17, 15) is 5.11 Å². The van der Waals surface area contributed by atoms with E-state index < -0.39 is 43.1 Å². The minimum atomic E-state index is -2.33. The summed E-state index contributed by atoms with van der Waals surface area (Å²) >= 11 is 7.13. The van der Waals surface area contributed by atoms with Crippen LogP contribution in [0.2, 0.25) is 21.6 Å². The van der Waals surface area contributed by atoms with E-state index in [1.54, 1.807) is 18.2 Å². The van der Waals surface area contributed by atoms with Gasteiger partial charge < -0.3 is 14.6 Å². The monoisotopic (exact) mass is 794 g/mol. The molecule has 10 heteroatoms. The molecule has 0 radical (unpaired) electrons. The average molecular weight is 796 g/mol. The van der Waals surface area contributed by atoms with Gasteiger partial charge in [-0.1, -0.05) is 107 Å². The topological polar surface area (TPSA) is 64.5 Å². The van der Waals surface area contributed by atoms with Crippen molar-refractivity contribution in [2.75, 3.05) is 6.61 Å². The second kappa shape index (κ2) is 16.0. The van der Waals surface area contributed by atoms with Crippen molar-refractivity contribution in [2.45, 2.75) is 137 Å². The van der Waals surface area contributed by atoms with E-state index in [0.717, 1.165) is 0 Å². The Kier molecular flexibility index (Phi) is 12.5. The number of benzene rings is 3. The molecule has 0 aliphatic carbocycles. The summed E-state index contributed by atoms with van der Waals surface area (Å²) in [6.07, 6.45) is -0.541. The highest BCUT2D eigenvalue weighted by molar-refractivity contribution is 6.90. The molecule has 0 unspecified atom stereocenters. The van der Waals surface area contributed by atoms with Crippen LogP contribution in [0.3, 0.4) is 0 Å². The molecule has 1 saturated heterocycles. The Bertz CT molecular complexity index is 2090. The van der Waals surface area contributed by atoms with Crippen molar-refractivity contribution >= 4 is 41.4 Å².